The van der Waals surface area contributed by atoms with Crippen molar-refractivity contribution in [3.63, 3.8) is 0 Å². The Kier molecular flexibility index (Phi) is 11.3. The molecule has 200 valence electrons. The van der Waals surface area contributed by atoms with Gasteiger partial charge in [0.1, 0.15) is 11.9 Å². The largest absolute Gasteiger partial charge is 0.490 e. The van der Waals surface area contributed by atoms with E-state index in [-0.39, 0.29) is 41.7 Å². The third kappa shape index (κ3) is 10.2. The summed E-state index contributed by atoms with van der Waals surface area (Å²) in [5.41, 5.74) is 2.26. The van der Waals surface area contributed by atoms with E-state index in [9.17, 15) is 9.59 Å². The summed E-state index contributed by atoms with van der Waals surface area (Å²) in [6.45, 7) is 13.8. The van der Waals surface area contributed by atoms with Crippen LogP contribution in [0.3, 0.4) is 0 Å². The van der Waals surface area contributed by atoms with Crippen LogP contribution in [0.5, 0.6) is 5.75 Å². The zero-order valence-corrected chi connectivity index (χ0v) is 23.2. The minimum absolute atomic E-state index is 0.0411. The molecule has 1 aliphatic carbocycles. The molecule has 1 aromatic carbocycles. The highest BCUT2D eigenvalue weighted by atomic mass is 16.5. The number of carbonyl (C=O) groups excluding carboxylic acids is 1. The molecule has 2 N–H and O–H groups in total. The molecule has 2 rings (SSSR count). The average molecular weight is 498 g/mol. The van der Waals surface area contributed by atoms with Crippen LogP contribution in [0.25, 0.3) is 0 Å². The first kappa shape index (κ1) is 29.7. The Labute approximate surface area is 218 Å². The van der Waals surface area contributed by atoms with Gasteiger partial charge < -0.3 is 15.2 Å². The second-order valence-electron chi connectivity index (χ2n) is 12.0. The molecule has 0 bridgehead atoms. The van der Waals surface area contributed by atoms with Gasteiger partial charge in [0, 0.05) is 18.0 Å². The van der Waals surface area contributed by atoms with Crippen LogP contribution in [-0.4, -0.2) is 29.6 Å². The minimum Gasteiger partial charge on any atom is -0.490 e. The number of benzene rings is 1. The summed E-state index contributed by atoms with van der Waals surface area (Å²) in [6.07, 6.45) is 13.4. The average Bonchev–Trinajstić information content (AvgIpc) is 2.79. The van der Waals surface area contributed by atoms with Crippen molar-refractivity contribution in [1.82, 2.24) is 5.32 Å². The van der Waals surface area contributed by atoms with Gasteiger partial charge in [-0.3, -0.25) is 9.59 Å². The fraction of sp³-hybridized carbons (Fsp3) is 0.613. The van der Waals surface area contributed by atoms with Crippen molar-refractivity contribution in [3.8, 4) is 5.75 Å². The highest BCUT2D eigenvalue weighted by Gasteiger charge is 2.28. The topological polar surface area (TPSA) is 75.6 Å². The summed E-state index contributed by atoms with van der Waals surface area (Å²) in [5.74, 6) is -0.0585. The highest BCUT2D eigenvalue weighted by molar-refractivity contribution is 5.96. The summed E-state index contributed by atoms with van der Waals surface area (Å²) in [4.78, 5) is 23.0. The van der Waals surface area contributed by atoms with Crippen LogP contribution in [0.4, 0.5) is 0 Å². The van der Waals surface area contributed by atoms with Crippen LogP contribution in [0, 0.1) is 11.3 Å². The van der Waals surface area contributed by atoms with Gasteiger partial charge in [0.2, 0.25) is 0 Å². The Balaban J connectivity index is 2.05. The molecule has 1 amide bonds. The molecular formula is C31H47NO4. The van der Waals surface area contributed by atoms with Gasteiger partial charge in [-0.15, -0.1) is 0 Å². The summed E-state index contributed by atoms with van der Waals surface area (Å²) >= 11 is 0. The van der Waals surface area contributed by atoms with E-state index in [1.807, 2.05) is 12.2 Å². The van der Waals surface area contributed by atoms with E-state index in [1.54, 1.807) is 0 Å². The van der Waals surface area contributed by atoms with Gasteiger partial charge in [0.05, 0.1) is 6.42 Å². The third-order valence-corrected chi connectivity index (χ3v) is 6.73. The molecule has 0 saturated carbocycles. The SMILES string of the molecule is CCCCCCC(Oc1ccc(C(C)(C)CC(C)(C)C)cc1)C1C=CC(C(=O)NCCC(=O)O)=CC1. The molecule has 2 atom stereocenters. The summed E-state index contributed by atoms with van der Waals surface area (Å²) in [5, 5.41) is 11.4. The molecule has 1 aromatic rings. The molecule has 0 fully saturated rings. The predicted molar refractivity (Wildman–Crippen MR) is 147 cm³/mol. The standard InChI is InChI=1S/C31H47NO4/c1-7-8-9-10-11-27(23-12-14-24(15-13-23)29(35)32-21-20-28(33)34)36-26-18-16-25(17-19-26)31(5,6)22-30(2,3)4/h12,14-19,23,27H,7-11,13,20-22H2,1-6H3,(H,32,35)(H,33,34). The van der Waals surface area contributed by atoms with Crippen molar-refractivity contribution in [2.75, 3.05) is 6.54 Å². The maximum atomic E-state index is 12.3. The lowest BCUT2D eigenvalue weighted by Crippen LogP contribution is -2.30. The van der Waals surface area contributed by atoms with Crippen LogP contribution < -0.4 is 10.1 Å². The number of carboxylic acid groups (broad SMARTS) is 1. The van der Waals surface area contributed by atoms with Crippen molar-refractivity contribution in [2.24, 2.45) is 11.3 Å². The molecule has 0 heterocycles. The molecule has 5 heteroatoms. The van der Waals surface area contributed by atoms with Gasteiger partial charge in [-0.05, 0) is 54.2 Å². The first-order valence-electron chi connectivity index (χ1n) is 13.6. The Hall–Kier alpha value is -2.56. The quantitative estimate of drug-likeness (QED) is 0.266. The third-order valence-electron chi connectivity index (χ3n) is 6.73. The maximum absolute atomic E-state index is 12.3. The number of aliphatic carboxylic acids is 1. The van der Waals surface area contributed by atoms with Gasteiger partial charge in [-0.2, -0.15) is 0 Å². The summed E-state index contributed by atoms with van der Waals surface area (Å²) in [6, 6.07) is 8.60. The van der Waals surface area contributed by atoms with Crippen molar-refractivity contribution < 1.29 is 19.4 Å². The van der Waals surface area contributed by atoms with Gasteiger partial charge >= 0.3 is 5.97 Å². The molecule has 5 nitrogen and oxygen atoms in total. The van der Waals surface area contributed by atoms with Crippen molar-refractivity contribution >= 4 is 11.9 Å². The predicted octanol–water partition coefficient (Wildman–Crippen LogP) is 7.21. The lowest BCUT2D eigenvalue weighted by atomic mass is 9.72. The number of ether oxygens (including phenoxy) is 1. The van der Waals surface area contributed by atoms with Crippen molar-refractivity contribution in [1.29, 1.82) is 0 Å². The Morgan fingerprint density at radius 3 is 2.33 bits per heavy atom. The Morgan fingerprint density at radius 2 is 1.78 bits per heavy atom. The van der Waals surface area contributed by atoms with Gasteiger partial charge in [0.15, 0.2) is 0 Å². The number of carboxylic acids is 1. The number of carbonyl (C=O) groups is 2. The molecule has 0 spiro atoms. The summed E-state index contributed by atoms with van der Waals surface area (Å²) < 4.78 is 6.54. The number of nitrogens with one attached hydrogen (secondary N) is 1. The van der Waals surface area contributed by atoms with Crippen LogP contribution >= 0.6 is 0 Å². The molecule has 2 unspecified atom stereocenters. The molecule has 0 radical (unpaired) electrons. The number of rotatable bonds is 14. The van der Waals surface area contributed by atoms with Crippen LogP contribution in [0.15, 0.2) is 48.1 Å². The van der Waals surface area contributed by atoms with Gasteiger partial charge in [-0.25, -0.2) is 0 Å². The van der Waals surface area contributed by atoms with E-state index < -0.39 is 5.97 Å². The molecule has 0 aromatic heterocycles. The van der Waals surface area contributed by atoms with E-state index in [4.69, 9.17) is 9.84 Å². The maximum Gasteiger partial charge on any atom is 0.305 e. The number of amides is 1. The monoisotopic (exact) mass is 497 g/mol. The first-order valence-corrected chi connectivity index (χ1v) is 13.6. The van der Waals surface area contributed by atoms with Crippen LogP contribution in [0.2, 0.25) is 0 Å². The Bertz CT molecular complexity index is 905. The fourth-order valence-electron chi connectivity index (χ4n) is 5.19. The molecular weight excluding hydrogens is 450 g/mol. The smallest absolute Gasteiger partial charge is 0.305 e. The second-order valence-corrected chi connectivity index (χ2v) is 12.0. The number of allylic oxidation sites excluding steroid dienone is 1. The van der Waals surface area contributed by atoms with Crippen LogP contribution in [-0.2, 0) is 15.0 Å². The van der Waals surface area contributed by atoms with Crippen molar-refractivity contribution in [3.05, 3.63) is 53.6 Å². The zero-order valence-electron chi connectivity index (χ0n) is 23.2. The van der Waals surface area contributed by atoms with E-state index in [1.165, 1.54) is 24.8 Å². The highest BCUT2D eigenvalue weighted by Crippen LogP contribution is 2.37. The normalized spacial score (nSPS) is 16.8. The van der Waals surface area contributed by atoms with Gasteiger partial charge in [-0.1, -0.05) is 91.2 Å². The molecule has 36 heavy (non-hydrogen) atoms. The fourth-order valence-corrected chi connectivity index (χ4v) is 5.19. The minimum atomic E-state index is -0.919. The lowest BCUT2D eigenvalue weighted by Gasteiger charge is -2.33. The van der Waals surface area contributed by atoms with E-state index in [0.717, 1.165) is 31.4 Å². The van der Waals surface area contributed by atoms with Gasteiger partial charge in [0.25, 0.3) is 5.91 Å². The first-order chi connectivity index (χ1) is 16.9. The van der Waals surface area contributed by atoms with E-state index in [0.29, 0.717) is 5.57 Å². The molecule has 0 aliphatic heterocycles. The summed E-state index contributed by atoms with van der Waals surface area (Å²) in [7, 11) is 0. The van der Waals surface area contributed by atoms with E-state index in [2.05, 4.69) is 77.2 Å². The van der Waals surface area contributed by atoms with E-state index >= 15 is 0 Å². The van der Waals surface area contributed by atoms with Crippen molar-refractivity contribution in [2.45, 2.75) is 104 Å². The number of unbranched alkanes of at least 4 members (excludes halogenated alkanes) is 3. The lowest BCUT2D eigenvalue weighted by molar-refractivity contribution is -0.136. The number of hydrogen-bond acceptors (Lipinski definition) is 3. The zero-order chi connectivity index (χ0) is 26.8. The van der Waals surface area contributed by atoms with Crippen LogP contribution in [0.1, 0.15) is 98.5 Å². The Morgan fingerprint density at radius 1 is 1.08 bits per heavy atom. The molecule has 0 saturated heterocycles. The number of hydrogen-bond donors (Lipinski definition) is 2. The molecule has 1 aliphatic rings. The second kappa shape index (κ2) is 13.7.